The van der Waals surface area contributed by atoms with E-state index in [4.69, 9.17) is 0 Å². The summed E-state index contributed by atoms with van der Waals surface area (Å²) in [5.41, 5.74) is 1.80. The number of likely N-dealkylation sites (tertiary alicyclic amines) is 1. The van der Waals surface area contributed by atoms with Gasteiger partial charge in [0.15, 0.2) is 5.96 Å². The molecule has 7 nitrogen and oxygen atoms in total. The quantitative estimate of drug-likeness (QED) is 0.375. The number of carbonyl (C=O) groups excluding carboxylic acids is 2. The van der Waals surface area contributed by atoms with E-state index < -0.39 is 0 Å². The van der Waals surface area contributed by atoms with Crippen LogP contribution in [0.5, 0.6) is 0 Å². The van der Waals surface area contributed by atoms with Gasteiger partial charge in [-0.25, -0.2) is 4.99 Å². The Labute approximate surface area is 155 Å². The molecule has 0 atom stereocenters. The lowest BCUT2D eigenvalue weighted by molar-refractivity contribution is -0.127. The minimum atomic E-state index is -0.0860. The van der Waals surface area contributed by atoms with Gasteiger partial charge in [0.1, 0.15) is 0 Å². The van der Waals surface area contributed by atoms with Crippen molar-refractivity contribution < 1.29 is 9.59 Å². The number of carbonyl (C=O) groups is 2. The first kappa shape index (κ1) is 19.8. The first-order chi connectivity index (χ1) is 12.6. The van der Waals surface area contributed by atoms with E-state index >= 15 is 0 Å². The van der Waals surface area contributed by atoms with Gasteiger partial charge in [-0.2, -0.15) is 0 Å². The molecule has 26 heavy (non-hydrogen) atoms. The predicted octanol–water partition coefficient (Wildman–Crippen LogP) is 1.71. The summed E-state index contributed by atoms with van der Waals surface area (Å²) in [5.74, 6) is 0.937. The van der Waals surface area contributed by atoms with Gasteiger partial charge in [0.05, 0.1) is 6.54 Å². The van der Waals surface area contributed by atoms with E-state index in [2.05, 4.69) is 20.9 Å². The molecule has 2 amide bonds. The number of aliphatic imine (C=N–C) groups is 1. The third-order valence-electron chi connectivity index (χ3n) is 4.08. The highest BCUT2D eigenvalue weighted by molar-refractivity contribution is 5.88. The summed E-state index contributed by atoms with van der Waals surface area (Å²) < 4.78 is 0. The van der Waals surface area contributed by atoms with Gasteiger partial charge in [0, 0.05) is 45.2 Å². The third kappa shape index (κ3) is 6.74. The van der Waals surface area contributed by atoms with E-state index in [0.717, 1.165) is 56.2 Å². The number of hydrogen-bond donors (Lipinski definition) is 3. The van der Waals surface area contributed by atoms with Crippen molar-refractivity contribution in [3.63, 3.8) is 0 Å². The molecule has 1 heterocycles. The van der Waals surface area contributed by atoms with E-state index in [9.17, 15) is 9.59 Å². The van der Waals surface area contributed by atoms with E-state index in [1.54, 1.807) is 0 Å². The maximum atomic E-state index is 11.6. The van der Waals surface area contributed by atoms with Gasteiger partial charge in [-0.05, 0) is 37.5 Å². The van der Waals surface area contributed by atoms with Crippen LogP contribution in [-0.4, -0.2) is 48.9 Å². The summed E-state index contributed by atoms with van der Waals surface area (Å²) in [6, 6.07) is 7.67. The van der Waals surface area contributed by atoms with Gasteiger partial charge in [-0.1, -0.05) is 12.1 Å². The average molecular weight is 359 g/mol. The Kier molecular flexibility index (Phi) is 7.92. The number of amides is 2. The topological polar surface area (TPSA) is 85.8 Å². The molecule has 1 fully saturated rings. The second-order valence-electron chi connectivity index (χ2n) is 6.34. The normalized spacial score (nSPS) is 14.5. The largest absolute Gasteiger partial charge is 0.357 e. The fourth-order valence-electron chi connectivity index (χ4n) is 2.88. The highest BCUT2D eigenvalue weighted by Gasteiger charge is 2.18. The lowest BCUT2D eigenvalue weighted by atomic mass is 10.2. The first-order valence-corrected chi connectivity index (χ1v) is 9.25. The van der Waals surface area contributed by atoms with Gasteiger partial charge >= 0.3 is 0 Å². The van der Waals surface area contributed by atoms with Crippen molar-refractivity contribution in [2.75, 3.05) is 31.5 Å². The summed E-state index contributed by atoms with van der Waals surface area (Å²) in [4.78, 5) is 29.3. The second kappa shape index (κ2) is 10.4. The fraction of sp³-hybridized carbons (Fsp3) is 0.526. The van der Waals surface area contributed by atoms with Crippen LogP contribution in [0.2, 0.25) is 0 Å². The summed E-state index contributed by atoms with van der Waals surface area (Å²) in [5, 5.41) is 9.31. The van der Waals surface area contributed by atoms with Crippen molar-refractivity contribution >= 4 is 23.5 Å². The summed E-state index contributed by atoms with van der Waals surface area (Å²) in [6.45, 7) is 7.27. The summed E-state index contributed by atoms with van der Waals surface area (Å²) in [7, 11) is 0. The van der Waals surface area contributed by atoms with Gasteiger partial charge in [0.25, 0.3) is 0 Å². The van der Waals surface area contributed by atoms with Gasteiger partial charge in [-0.15, -0.1) is 0 Å². The molecule has 0 spiro atoms. The molecule has 1 aliphatic rings. The highest BCUT2D eigenvalue weighted by Crippen LogP contribution is 2.11. The molecule has 0 saturated carbocycles. The Hall–Kier alpha value is -2.57. The maximum absolute atomic E-state index is 11.6. The van der Waals surface area contributed by atoms with Crippen molar-refractivity contribution in [2.45, 2.75) is 39.7 Å². The van der Waals surface area contributed by atoms with Crippen molar-refractivity contribution in [1.29, 1.82) is 0 Å². The molecule has 1 aromatic rings. The molecule has 0 unspecified atom stereocenters. The summed E-state index contributed by atoms with van der Waals surface area (Å²) in [6.07, 6.45) is 2.57. The molecule has 7 heteroatoms. The number of rotatable bonds is 8. The minimum Gasteiger partial charge on any atom is -0.357 e. The van der Waals surface area contributed by atoms with Crippen LogP contribution in [0, 0.1) is 0 Å². The monoisotopic (exact) mass is 359 g/mol. The molecule has 0 bridgehead atoms. The molecule has 0 radical (unpaired) electrons. The van der Waals surface area contributed by atoms with Crippen molar-refractivity contribution in [3.8, 4) is 0 Å². The SMILES string of the molecule is CCNC(=NCc1cccc(NC(C)=O)c1)NCCCN1CCCC1=O. The Bertz CT molecular complexity index is 645. The van der Waals surface area contributed by atoms with Gasteiger partial charge in [0.2, 0.25) is 11.8 Å². The van der Waals surface area contributed by atoms with Crippen molar-refractivity contribution in [1.82, 2.24) is 15.5 Å². The highest BCUT2D eigenvalue weighted by atomic mass is 16.2. The third-order valence-corrected chi connectivity index (χ3v) is 4.08. The van der Waals surface area contributed by atoms with E-state index in [-0.39, 0.29) is 11.8 Å². The molecule has 3 N–H and O–H groups in total. The van der Waals surface area contributed by atoms with Gasteiger partial charge in [-0.3, -0.25) is 9.59 Å². The van der Waals surface area contributed by atoms with Gasteiger partial charge < -0.3 is 20.9 Å². The molecular weight excluding hydrogens is 330 g/mol. The number of hydrogen-bond acceptors (Lipinski definition) is 3. The maximum Gasteiger partial charge on any atom is 0.222 e. The molecule has 1 aliphatic heterocycles. The first-order valence-electron chi connectivity index (χ1n) is 9.25. The molecule has 0 aromatic heterocycles. The summed E-state index contributed by atoms with van der Waals surface area (Å²) >= 11 is 0. The zero-order valence-corrected chi connectivity index (χ0v) is 15.7. The lowest BCUT2D eigenvalue weighted by Crippen LogP contribution is -2.39. The molecule has 0 aliphatic carbocycles. The van der Waals surface area contributed by atoms with Crippen molar-refractivity contribution in [2.24, 2.45) is 4.99 Å². The number of nitrogens with one attached hydrogen (secondary N) is 3. The predicted molar refractivity (Wildman–Crippen MR) is 104 cm³/mol. The van der Waals surface area contributed by atoms with Crippen LogP contribution in [-0.2, 0) is 16.1 Å². The fourth-order valence-corrected chi connectivity index (χ4v) is 2.88. The zero-order chi connectivity index (χ0) is 18.8. The van der Waals surface area contributed by atoms with E-state index in [1.165, 1.54) is 6.92 Å². The zero-order valence-electron chi connectivity index (χ0n) is 15.7. The van der Waals surface area contributed by atoms with Crippen LogP contribution in [0.4, 0.5) is 5.69 Å². The van der Waals surface area contributed by atoms with Crippen LogP contribution >= 0.6 is 0 Å². The molecule has 142 valence electrons. The van der Waals surface area contributed by atoms with Crippen LogP contribution in [0.1, 0.15) is 38.7 Å². The molecular formula is C19H29N5O2. The Morgan fingerprint density at radius 2 is 2.15 bits per heavy atom. The molecule has 1 aromatic carbocycles. The minimum absolute atomic E-state index is 0.0860. The van der Waals surface area contributed by atoms with Crippen LogP contribution in [0.15, 0.2) is 29.3 Å². The average Bonchev–Trinajstić information content (AvgIpc) is 3.01. The van der Waals surface area contributed by atoms with Crippen LogP contribution < -0.4 is 16.0 Å². The van der Waals surface area contributed by atoms with E-state index in [0.29, 0.717) is 13.0 Å². The lowest BCUT2D eigenvalue weighted by Gasteiger charge is -2.16. The molecule has 2 rings (SSSR count). The van der Waals surface area contributed by atoms with E-state index in [1.807, 2.05) is 36.1 Å². The number of benzene rings is 1. The number of nitrogens with zero attached hydrogens (tertiary/aromatic N) is 2. The second-order valence-corrected chi connectivity index (χ2v) is 6.34. The van der Waals surface area contributed by atoms with Crippen LogP contribution in [0.3, 0.4) is 0 Å². The smallest absolute Gasteiger partial charge is 0.222 e. The number of guanidine groups is 1. The Morgan fingerprint density at radius 3 is 2.85 bits per heavy atom. The molecule has 1 saturated heterocycles. The number of anilines is 1. The standard InChI is InChI=1S/C19H29N5O2/c1-3-20-19(21-10-6-12-24-11-5-9-18(24)26)22-14-16-7-4-8-17(13-16)23-15(2)25/h4,7-8,13H,3,5-6,9-12,14H2,1-2H3,(H,23,25)(H2,20,21,22). The Morgan fingerprint density at radius 1 is 1.31 bits per heavy atom. The Balaban J connectivity index is 1.81. The van der Waals surface area contributed by atoms with Crippen LogP contribution in [0.25, 0.3) is 0 Å². The van der Waals surface area contributed by atoms with Crippen molar-refractivity contribution in [3.05, 3.63) is 29.8 Å².